The fourth-order valence-electron chi connectivity index (χ4n) is 4.99. The number of rotatable bonds is 6. The van der Waals surface area contributed by atoms with Gasteiger partial charge in [0.2, 0.25) is 0 Å². The zero-order valence-electron chi connectivity index (χ0n) is 32.6. The summed E-state index contributed by atoms with van der Waals surface area (Å²) >= 11 is 1.83. The lowest BCUT2D eigenvalue weighted by atomic mass is 9.78. The van der Waals surface area contributed by atoms with Gasteiger partial charge in [0.1, 0.15) is 22.7 Å². The molecule has 0 unspecified atom stereocenters. The zero-order chi connectivity index (χ0) is 36.6. The predicted octanol–water partition coefficient (Wildman–Crippen LogP) is 11.9. The van der Waals surface area contributed by atoms with E-state index in [4.69, 9.17) is 18.9 Å². The summed E-state index contributed by atoms with van der Waals surface area (Å²) < 4.78 is 23.0. The Bertz CT molecular complexity index is 1250. The number of carbonyl (C=O) groups excluding carboxylic acids is 2. The van der Waals surface area contributed by atoms with Crippen molar-refractivity contribution >= 4 is 24.1 Å². The lowest BCUT2D eigenvalue weighted by Gasteiger charge is -2.31. The Hall–Kier alpha value is -2.67. The Morgan fingerprint density at radius 3 is 0.894 bits per heavy atom. The summed E-state index contributed by atoms with van der Waals surface area (Å²) in [7, 11) is 0. The molecule has 0 saturated heterocycles. The number of ether oxygens (including phenoxy) is 4. The molecular weight excluding hydrogens is 609 g/mol. The maximum atomic E-state index is 12.9. The molecule has 0 N–H and O–H groups in total. The van der Waals surface area contributed by atoms with Gasteiger partial charge in [0, 0.05) is 33.8 Å². The molecule has 0 heterocycles. The summed E-state index contributed by atoms with van der Waals surface area (Å²) in [6.07, 6.45) is -1.39. The van der Waals surface area contributed by atoms with Gasteiger partial charge < -0.3 is 18.9 Å². The first kappa shape index (κ1) is 40.5. The van der Waals surface area contributed by atoms with Crippen LogP contribution in [0.4, 0.5) is 9.59 Å². The maximum absolute atomic E-state index is 12.9. The van der Waals surface area contributed by atoms with Gasteiger partial charge in [0.05, 0.1) is 0 Å². The largest absolute Gasteiger partial charge is 0.514 e. The van der Waals surface area contributed by atoms with Crippen molar-refractivity contribution in [3.05, 3.63) is 57.6 Å². The van der Waals surface area contributed by atoms with Gasteiger partial charge in [0.25, 0.3) is 0 Å². The summed E-state index contributed by atoms with van der Waals surface area (Å²) in [4.78, 5) is 25.7. The molecule has 0 aromatic heterocycles. The highest BCUT2D eigenvalue weighted by atomic mass is 32.2. The normalized spacial score (nSPS) is 13.3. The first-order valence-corrected chi connectivity index (χ1v) is 17.8. The average molecular weight is 671 g/mol. The van der Waals surface area contributed by atoms with Gasteiger partial charge >= 0.3 is 12.3 Å². The van der Waals surface area contributed by atoms with Crippen molar-refractivity contribution in [2.45, 2.75) is 169 Å². The third-order valence-corrected chi connectivity index (χ3v) is 8.29. The van der Waals surface area contributed by atoms with Crippen molar-refractivity contribution in [2.24, 2.45) is 0 Å². The van der Waals surface area contributed by atoms with E-state index in [2.05, 4.69) is 107 Å². The summed E-state index contributed by atoms with van der Waals surface area (Å²) in [6, 6.07) is 8.67. The molecule has 47 heavy (non-hydrogen) atoms. The van der Waals surface area contributed by atoms with E-state index >= 15 is 0 Å². The van der Waals surface area contributed by atoms with Crippen molar-refractivity contribution in [3.63, 3.8) is 0 Å². The molecule has 2 aromatic rings. The van der Waals surface area contributed by atoms with Crippen LogP contribution in [0.3, 0.4) is 0 Å². The minimum absolute atomic E-state index is 0.273. The third-order valence-electron chi connectivity index (χ3n) is 7.22. The zero-order valence-corrected chi connectivity index (χ0v) is 33.4. The van der Waals surface area contributed by atoms with E-state index < -0.39 is 23.5 Å². The molecule has 0 spiro atoms. The molecule has 0 saturated carbocycles. The second kappa shape index (κ2) is 14.1. The van der Waals surface area contributed by atoms with Gasteiger partial charge in [-0.3, -0.25) is 0 Å². The third kappa shape index (κ3) is 12.4. The molecule has 2 rings (SSSR count). The van der Waals surface area contributed by atoms with Crippen molar-refractivity contribution < 1.29 is 28.5 Å². The number of hydrogen-bond acceptors (Lipinski definition) is 7. The molecule has 0 fully saturated rings. The summed E-state index contributed by atoms with van der Waals surface area (Å²) in [5, 5.41) is 0. The van der Waals surface area contributed by atoms with Crippen LogP contribution in [0.1, 0.15) is 158 Å². The van der Waals surface area contributed by atoms with Crippen molar-refractivity contribution in [3.8, 4) is 11.5 Å². The smallest absolute Gasteiger partial charge is 0.428 e. The molecule has 0 aliphatic heterocycles. The highest BCUT2D eigenvalue weighted by Crippen LogP contribution is 2.44. The van der Waals surface area contributed by atoms with Crippen LogP contribution in [0.2, 0.25) is 0 Å². The molecule has 0 aliphatic rings. The van der Waals surface area contributed by atoms with Crippen LogP contribution in [0.5, 0.6) is 11.5 Å². The van der Waals surface area contributed by atoms with E-state index in [1.54, 1.807) is 0 Å². The quantitative estimate of drug-likeness (QED) is 0.224. The highest BCUT2D eigenvalue weighted by molar-refractivity contribution is 7.97. The van der Waals surface area contributed by atoms with Crippen LogP contribution >= 0.6 is 11.8 Å². The molecule has 7 heteroatoms. The van der Waals surface area contributed by atoms with E-state index in [-0.39, 0.29) is 21.7 Å². The molecule has 0 aliphatic carbocycles. The Morgan fingerprint density at radius 2 is 0.702 bits per heavy atom. The molecule has 264 valence electrons. The first-order valence-electron chi connectivity index (χ1n) is 16.6. The van der Waals surface area contributed by atoms with Gasteiger partial charge in [-0.1, -0.05) is 107 Å². The number of hydrogen-bond donors (Lipinski definition) is 0. The van der Waals surface area contributed by atoms with E-state index in [0.717, 1.165) is 33.8 Å². The van der Waals surface area contributed by atoms with E-state index in [9.17, 15) is 9.59 Å². The topological polar surface area (TPSA) is 71.1 Å². The van der Waals surface area contributed by atoms with Crippen LogP contribution in [-0.2, 0) is 42.6 Å². The lowest BCUT2D eigenvalue weighted by molar-refractivity contribution is 0.0185. The monoisotopic (exact) mass is 670 g/mol. The summed E-state index contributed by atoms with van der Waals surface area (Å²) in [5.41, 5.74) is 3.82. The second-order valence-corrected chi connectivity index (χ2v) is 19.7. The minimum Gasteiger partial charge on any atom is -0.428 e. The minimum atomic E-state index is -0.695. The van der Waals surface area contributed by atoms with Gasteiger partial charge in [-0.25, -0.2) is 9.59 Å². The average Bonchev–Trinajstić information content (AvgIpc) is 2.80. The van der Waals surface area contributed by atoms with Crippen molar-refractivity contribution in [1.82, 2.24) is 0 Å². The summed E-state index contributed by atoms with van der Waals surface area (Å²) in [5.74, 6) is 2.70. The molecule has 6 nitrogen and oxygen atoms in total. The second-order valence-electron chi connectivity index (χ2n) is 18.7. The Kier molecular flexibility index (Phi) is 12.1. The molecule has 0 amide bonds. The number of carbonyl (C=O) groups is 2. The van der Waals surface area contributed by atoms with Crippen molar-refractivity contribution in [1.29, 1.82) is 0 Å². The van der Waals surface area contributed by atoms with Crippen LogP contribution in [0.25, 0.3) is 0 Å². The summed E-state index contributed by atoms with van der Waals surface area (Å²) in [6.45, 7) is 36.6. The Labute approximate surface area is 290 Å². The number of benzene rings is 2. The fraction of sp³-hybridized carbons (Fsp3) is 0.650. The SMILES string of the molecule is CC(C)(C)OC(=O)Oc1c(C(C)(C)C)cc(CSCc2cc(C(C)(C)C)c(OC(=O)OC(C)(C)C)c(C(C)(C)C)c2)cc1C(C)(C)C. The van der Waals surface area contributed by atoms with E-state index in [1.807, 2.05) is 53.3 Å². The van der Waals surface area contributed by atoms with Gasteiger partial charge in [0.15, 0.2) is 0 Å². The van der Waals surface area contributed by atoms with Gasteiger partial charge in [-0.05, 0) is 74.3 Å². The maximum Gasteiger partial charge on any atom is 0.514 e. The van der Waals surface area contributed by atoms with Crippen LogP contribution in [-0.4, -0.2) is 23.5 Å². The van der Waals surface area contributed by atoms with Crippen LogP contribution < -0.4 is 9.47 Å². The van der Waals surface area contributed by atoms with Crippen LogP contribution in [0.15, 0.2) is 24.3 Å². The Balaban J connectivity index is 2.54. The molecule has 2 aromatic carbocycles. The van der Waals surface area contributed by atoms with E-state index in [1.165, 1.54) is 11.1 Å². The molecule has 0 atom stereocenters. The van der Waals surface area contributed by atoms with E-state index in [0.29, 0.717) is 11.5 Å². The number of thioether (sulfide) groups is 1. The first-order chi connectivity index (χ1) is 20.9. The van der Waals surface area contributed by atoms with Crippen LogP contribution in [0, 0.1) is 0 Å². The molecule has 0 radical (unpaired) electrons. The van der Waals surface area contributed by atoms with Crippen molar-refractivity contribution in [2.75, 3.05) is 0 Å². The lowest BCUT2D eigenvalue weighted by Crippen LogP contribution is -2.28. The highest BCUT2D eigenvalue weighted by Gasteiger charge is 2.32. The van der Waals surface area contributed by atoms with Gasteiger partial charge in [-0.2, -0.15) is 11.8 Å². The molecular formula is C40H62O6S. The van der Waals surface area contributed by atoms with Gasteiger partial charge in [-0.15, -0.1) is 0 Å². The standard InChI is InChI=1S/C40H62O6S/c1-35(2,3)27-19-25(20-28(36(4,5)6)31(27)43-33(41)45-39(13,14)15)23-47-24-26-21-29(37(7,8)9)32(30(22-26)38(10,11)12)44-34(42)46-40(16,17)18/h19-22H,23-24H2,1-18H3. The Morgan fingerprint density at radius 1 is 0.468 bits per heavy atom. The predicted molar refractivity (Wildman–Crippen MR) is 196 cm³/mol. The fourth-order valence-corrected chi connectivity index (χ4v) is 5.89. The molecule has 0 bridgehead atoms.